The molecule has 1 aromatic heterocycles. The zero-order valence-corrected chi connectivity index (χ0v) is 10.2. The van der Waals surface area contributed by atoms with E-state index in [1.165, 1.54) is 0 Å². The van der Waals surface area contributed by atoms with Gasteiger partial charge in [0.2, 0.25) is 5.52 Å². The molecule has 2 aromatic rings. The van der Waals surface area contributed by atoms with Crippen LogP contribution >= 0.6 is 0 Å². The molecule has 0 spiro atoms. The molecule has 1 aromatic carbocycles. The third-order valence-electron chi connectivity index (χ3n) is 2.50. The highest BCUT2D eigenvalue weighted by Crippen LogP contribution is 2.33. The predicted octanol–water partition coefficient (Wildman–Crippen LogP) is 2.41. The topological polar surface area (TPSA) is 44.3 Å². The normalized spacial score (nSPS) is 9.75. The van der Waals surface area contributed by atoms with Crippen LogP contribution in [0, 0.1) is 6.92 Å². The fourth-order valence-electron chi connectivity index (χ4n) is 1.64. The van der Waals surface area contributed by atoms with E-state index in [-0.39, 0.29) is 11.5 Å². The highest BCUT2D eigenvalue weighted by molar-refractivity contribution is 5.84. The zero-order chi connectivity index (χ0) is 12.3. The minimum atomic E-state index is -0.0724. The molecule has 0 aliphatic rings. The summed E-state index contributed by atoms with van der Waals surface area (Å²) in [6, 6.07) is 5.40. The minimum Gasteiger partial charge on any atom is -0.504 e. The van der Waals surface area contributed by atoms with Gasteiger partial charge in [-0.25, -0.2) is 4.57 Å². The van der Waals surface area contributed by atoms with Crippen LogP contribution in [-0.2, 0) is 7.05 Å². The fraction of sp³-hybridized carbons (Fsp3) is 0.308. The minimum absolute atomic E-state index is 0.0382. The van der Waals surface area contributed by atoms with Crippen LogP contribution < -0.4 is 4.57 Å². The Balaban J connectivity index is 0.000000606. The molecule has 2 rings (SSSR count). The average molecular weight is 220 g/mol. The van der Waals surface area contributed by atoms with Gasteiger partial charge in [-0.15, -0.1) is 0 Å². The monoisotopic (exact) mass is 220 g/mol. The maximum atomic E-state index is 9.54. The number of fused-ring (bicyclic) bond motifs is 1. The van der Waals surface area contributed by atoms with Crippen molar-refractivity contribution in [1.82, 2.24) is 0 Å². The van der Waals surface area contributed by atoms with Crippen molar-refractivity contribution in [3.05, 3.63) is 30.0 Å². The molecule has 0 aliphatic carbocycles. The van der Waals surface area contributed by atoms with Crippen molar-refractivity contribution >= 4 is 10.9 Å². The van der Waals surface area contributed by atoms with Gasteiger partial charge >= 0.3 is 0 Å². The van der Waals surface area contributed by atoms with Crippen molar-refractivity contribution in [3.63, 3.8) is 0 Å². The molecule has 0 saturated carbocycles. The van der Waals surface area contributed by atoms with Crippen LogP contribution in [0.3, 0.4) is 0 Å². The molecule has 2 N–H and O–H groups in total. The first-order valence-electron chi connectivity index (χ1n) is 5.41. The van der Waals surface area contributed by atoms with Crippen LogP contribution in [0.2, 0.25) is 0 Å². The number of aromatic hydroxyl groups is 2. The number of pyridine rings is 1. The summed E-state index contributed by atoms with van der Waals surface area (Å²) >= 11 is 0. The Morgan fingerprint density at radius 3 is 2.44 bits per heavy atom. The molecule has 3 heteroatoms. The van der Waals surface area contributed by atoms with Gasteiger partial charge in [0, 0.05) is 11.6 Å². The standard InChI is InChI=1S/C11H11NO2.C2H6/c1-7-8-4-3-5-12(2)9(8)6-10(13)11(7)14;1-2/h3-6,14H,1-2H3;1-2H3/p+1. The van der Waals surface area contributed by atoms with Crippen LogP contribution in [0.25, 0.3) is 10.9 Å². The number of hydrogen-bond acceptors (Lipinski definition) is 2. The van der Waals surface area contributed by atoms with Crippen molar-refractivity contribution in [3.8, 4) is 11.5 Å². The molecule has 86 valence electrons. The van der Waals surface area contributed by atoms with Gasteiger partial charge in [-0.1, -0.05) is 13.8 Å². The zero-order valence-electron chi connectivity index (χ0n) is 10.2. The largest absolute Gasteiger partial charge is 0.504 e. The van der Waals surface area contributed by atoms with Gasteiger partial charge in [-0.3, -0.25) is 0 Å². The fourth-order valence-corrected chi connectivity index (χ4v) is 1.64. The van der Waals surface area contributed by atoms with Crippen molar-refractivity contribution in [2.24, 2.45) is 7.05 Å². The summed E-state index contributed by atoms with van der Waals surface area (Å²) in [6.45, 7) is 5.79. The number of nitrogens with zero attached hydrogens (tertiary/aromatic N) is 1. The Bertz CT molecular complexity index is 507. The summed E-state index contributed by atoms with van der Waals surface area (Å²) in [5.74, 6) is -0.111. The predicted molar refractivity (Wildman–Crippen MR) is 64.5 cm³/mol. The molecule has 0 atom stereocenters. The van der Waals surface area contributed by atoms with Crippen LogP contribution in [-0.4, -0.2) is 10.2 Å². The number of aromatic nitrogens is 1. The number of hydrogen-bond donors (Lipinski definition) is 2. The van der Waals surface area contributed by atoms with Crippen LogP contribution in [0.1, 0.15) is 19.4 Å². The van der Waals surface area contributed by atoms with Gasteiger partial charge in [0.05, 0.1) is 11.5 Å². The molecule has 0 fully saturated rings. The van der Waals surface area contributed by atoms with Gasteiger partial charge in [-0.05, 0) is 13.0 Å². The smallest absolute Gasteiger partial charge is 0.216 e. The van der Waals surface area contributed by atoms with Crippen molar-refractivity contribution < 1.29 is 14.8 Å². The second-order valence-corrected chi connectivity index (χ2v) is 3.42. The average Bonchev–Trinajstić information content (AvgIpc) is 2.31. The summed E-state index contributed by atoms with van der Waals surface area (Å²) in [7, 11) is 1.90. The Morgan fingerprint density at radius 1 is 1.19 bits per heavy atom. The van der Waals surface area contributed by atoms with E-state index in [1.54, 1.807) is 13.0 Å². The molecule has 0 amide bonds. The van der Waals surface area contributed by atoms with Crippen molar-refractivity contribution in [2.45, 2.75) is 20.8 Å². The number of benzene rings is 1. The van der Waals surface area contributed by atoms with E-state index in [0.717, 1.165) is 10.9 Å². The van der Waals surface area contributed by atoms with E-state index < -0.39 is 0 Å². The molecule has 0 aliphatic heterocycles. The molecule has 0 unspecified atom stereocenters. The lowest BCUT2D eigenvalue weighted by atomic mass is 10.1. The lowest BCUT2D eigenvalue weighted by Crippen LogP contribution is -2.27. The van der Waals surface area contributed by atoms with Crippen molar-refractivity contribution in [2.75, 3.05) is 0 Å². The quantitative estimate of drug-likeness (QED) is 0.529. The Kier molecular flexibility index (Phi) is 3.72. The van der Waals surface area contributed by atoms with Gasteiger partial charge in [0.15, 0.2) is 17.7 Å². The van der Waals surface area contributed by atoms with Gasteiger partial charge in [0.1, 0.15) is 7.05 Å². The number of phenols is 2. The molecule has 1 heterocycles. The molecule has 0 saturated heterocycles. The Hall–Kier alpha value is -1.77. The van der Waals surface area contributed by atoms with E-state index in [0.29, 0.717) is 5.56 Å². The summed E-state index contributed by atoms with van der Waals surface area (Å²) in [4.78, 5) is 0. The molecule has 3 nitrogen and oxygen atoms in total. The van der Waals surface area contributed by atoms with E-state index in [4.69, 9.17) is 0 Å². The number of rotatable bonds is 0. The highest BCUT2D eigenvalue weighted by Gasteiger charge is 2.13. The highest BCUT2D eigenvalue weighted by atomic mass is 16.3. The lowest BCUT2D eigenvalue weighted by Gasteiger charge is -2.04. The van der Waals surface area contributed by atoms with Crippen LogP contribution in [0.5, 0.6) is 11.5 Å². The summed E-state index contributed by atoms with van der Waals surface area (Å²) in [6.07, 6.45) is 1.90. The summed E-state index contributed by atoms with van der Waals surface area (Å²) in [5, 5.41) is 19.9. The first kappa shape index (κ1) is 12.3. The lowest BCUT2D eigenvalue weighted by molar-refractivity contribution is -0.644. The summed E-state index contributed by atoms with van der Waals surface area (Å²) < 4.78 is 1.90. The molecular formula is C13H18NO2+. The van der Waals surface area contributed by atoms with Gasteiger partial charge in [-0.2, -0.15) is 0 Å². The van der Waals surface area contributed by atoms with E-state index in [1.807, 2.05) is 43.8 Å². The number of phenolic OH excluding ortho intramolecular Hbond substituents is 2. The molecule has 16 heavy (non-hydrogen) atoms. The third kappa shape index (κ3) is 1.94. The van der Waals surface area contributed by atoms with Gasteiger partial charge < -0.3 is 10.2 Å². The first-order valence-corrected chi connectivity index (χ1v) is 5.41. The Morgan fingerprint density at radius 2 is 1.81 bits per heavy atom. The third-order valence-corrected chi connectivity index (χ3v) is 2.50. The van der Waals surface area contributed by atoms with E-state index >= 15 is 0 Å². The summed E-state index contributed by atoms with van der Waals surface area (Å²) in [5.41, 5.74) is 1.61. The SMILES string of the molecule is CC.Cc1c(O)c(O)cc2c1ccc[n+]2C. The maximum absolute atomic E-state index is 9.54. The second kappa shape index (κ2) is 4.84. The molecular weight excluding hydrogens is 202 g/mol. The second-order valence-electron chi connectivity index (χ2n) is 3.42. The Labute approximate surface area is 95.6 Å². The van der Waals surface area contributed by atoms with Crippen molar-refractivity contribution in [1.29, 1.82) is 0 Å². The number of aryl methyl sites for hydroxylation is 2. The van der Waals surface area contributed by atoms with Gasteiger partial charge in [0.25, 0.3) is 0 Å². The van der Waals surface area contributed by atoms with Crippen LogP contribution in [0.15, 0.2) is 24.4 Å². The van der Waals surface area contributed by atoms with E-state index in [9.17, 15) is 10.2 Å². The maximum Gasteiger partial charge on any atom is 0.216 e. The molecule has 0 bridgehead atoms. The van der Waals surface area contributed by atoms with E-state index in [2.05, 4.69) is 0 Å². The molecule has 0 radical (unpaired) electrons. The first-order chi connectivity index (χ1) is 7.61. The van der Waals surface area contributed by atoms with Crippen LogP contribution in [0.4, 0.5) is 0 Å².